The molecule has 0 unspecified atom stereocenters. The lowest BCUT2D eigenvalue weighted by molar-refractivity contribution is 0.0515. The van der Waals surface area contributed by atoms with Gasteiger partial charge in [0.15, 0.2) is 0 Å². The lowest BCUT2D eigenvalue weighted by Crippen LogP contribution is -2.11. The first-order chi connectivity index (χ1) is 14.3. The largest absolute Gasteiger partial charge is 0.462 e. The molecule has 0 radical (unpaired) electrons. The molecule has 0 atom stereocenters. The van der Waals surface area contributed by atoms with Crippen LogP contribution in [0.2, 0.25) is 0 Å². The molecule has 146 valence electrons. The van der Waals surface area contributed by atoms with Gasteiger partial charge in [-0.25, -0.2) is 9.48 Å². The summed E-state index contributed by atoms with van der Waals surface area (Å²) in [6, 6.07) is 19.6. The minimum absolute atomic E-state index is 0.222. The Balaban J connectivity index is 1.70. The number of benzene rings is 2. The topological polar surface area (TPSA) is 66.2 Å². The van der Waals surface area contributed by atoms with Crippen molar-refractivity contribution in [3.8, 4) is 5.69 Å². The van der Waals surface area contributed by atoms with Gasteiger partial charge in [0.05, 0.1) is 42.9 Å². The molecule has 0 amide bonds. The number of carbonyl (C=O) groups is 1. The summed E-state index contributed by atoms with van der Waals surface area (Å²) in [4.78, 5) is 16.9. The van der Waals surface area contributed by atoms with Crippen LogP contribution in [0.4, 0.5) is 0 Å². The molecule has 0 aliphatic heterocycles. The number of esters is 1. The van der Waals surface area contributed by atoms with E-state index in [4.69, 9.17) is 9.47 Å². The summed E-state index contributed by atoms with van der Waals surface area (Å²) in [5.41, 5.74) is 3.81. The van der Waals surface area contributed by atoms with E-state index in [0.29, 0.717) is 24.5 Å². The van der Waals surface area contributed by atoms with E-state index in [1.54, 1.807) is 17.8 Å². The number of pyridine rings is 1. The van der Waals surface area contributed by atoms with Crippen LogP contribution in [0.15, 0.2) is 73.1 Å². The Kier molecular flexibility index (Phi) is 5.63. The highest BCUT2D eigenvalue weighted by atomic mass is 16.5. The van der Waals surface area contributed by atoms with Crippen molar-refractivity contribution in [3.63, 3.8) is 0 Å². The Morgan fingerprint density at radius 3 is 2.69 bits per heavy atom. The number of hydrogen-bond donors (Lipinski definition) is 0. The maximum absolute atomic E-state index is 12.5. The molecule has 0 fully saturated rings. The molecule has 29 heavy (non-hydrogen) atoms. The summed E-state index contributed by atoms with van der Waals surface area (Å²) >= 11 is 0. The van der Waals surface area contributed by atoms with E-state index in [9.17, 15) is 4.79 Å². The number of carbonyl (C=O) groups excluding carboxylic acids is 1. The second-order valence-electron chi connectivity index (χ2n) is 6.46. The molecular weight excluding hydrogens is 366 g/mol. The second-order valence-corrected chi connectivity index (χ2v) is 6.46. The van der Waals surface area contributed by atoms with Gasteiger partial charge in [-0.2, -0.15) is 5.10 Å². The number of aromatic nitrogens is 3. The van der Waals surface area contributed by atoms with Crippen molar-refractivity contribution in [2.45, 2.75) is 20.1 Å². The van der Waals surface area contributed by atoms with E-state index >= 15 is 0 Å². The van der Waals surface area contributed by atoms with E-state index in [1.165, 1.54) is 6.20 Å². The van der Waals surface area contributed by atoms with Gasteiger partial charge >= 0.3 is 5.97 Å². The van der Waals surface area contributed by atoms with Crippen molar-refractivity contribution in [1.82, 2.24) is 14.8 Å². The zero-order valence-corrected chi connectivity index (χ0v) is 16.1. The summed E-state index contributed by atoms with van der Waals surface area (Å²) < 4.78 is 12.9. The zero-order valence-electron chi connectivity index (χ0n) is 16.1. The monoisotopic (exact) mass is 387 g/mol. The Morgan fingerprint density at radius 2 is 1.86 bits per heavy atom. The van der Waals surface area contributed by atoms with Gasteiger partial charge in [0.25, 0.3) is 0 Å². The van der Waals surface area contributed by atoms with Gasteiger partial charge in [-0.05, 0) is 36.8 Å². The van der Waals surface area contributed by atoms with Gasteiger partial charge in [-0.1, -0.05) is 36.4 Å². The molecule has 0 aliphatic rings. The molecule has 0 N–H and O–H groups in total. The van der Waals surface area contributed by atoms with Gasteiger partial charge in [-0.3, -0.25) is 4.98 Å². The molecule has 4 aromatic rings. The average molecular weight is 387 g/mol. The van der Waals surface area contributed by atoms with Gasteiger partial charge in [0, 0.05) is 11.6 Å². The second kappa shape index (κ2) is 8.67. The number of nitrogens with zero attached hydrogens (tertiary/aromatic N) is 3. The number of hydrogen-bond acceptors (Lipinski definition) is 5. The molecular formula is C23H21N3O3. The van der Waals surface area contributed by atoms with E-state index in [1.807, 2.05) is 60.7 Å². The third-order valence-electron chi connectivity index (χ3n) is 4.57. The van der Waals surface area contributed by atoms with E-state index in [2.05, 4.69) is 10.1 Å². The Morgan fingerprint density at radius 1 is 1.00 bits per heavy atom. The van der Waals surface area contributed by atoms with Crippen LogP contribution in [-0.2, 0) is 22.7 Å². The first kappa shape index (κ1) is 18.8. The maximum Gasteiger partial charge on any atom is 0.341 e. The predicted molar refractivity (Wildman–Crippen MR) is 110 cm³/mol. The highest BCUT2D eigenvalue weighted by Gasteiger charge is 2.20. The van der Waals surface area contributed by atoms with Crippen LogP contribution in [0.1, 0.15) is 28.5 Å². The summed E-state index contributed by atoms with van der Waals surface area (Å²) in [5.74, 6) is -0.407. The standard InChI is InChI=1S/C23H21N3O3/c1-2-29-23(27)19-14-25-26(21-12-6-11-20-18(21)10-7-13-24-20)22(19)16-28-15-17-8-4-3-5-9-17/h3-14H,2,15-16H2,1H3. The SMILES string of the molecule is CCOC(=O)c1cnn(-c2cccc3ncccc23)c1COCc1ccccc1. The van der Waals surface area contributed by atoms with Gasteiger partial charge < -0.3 is 9.47 Å². The van der Waals surface area contributed by atoms with Crippen molar-refractivity contribution in [2.75, 3.05) is 6.61 Å². The lowest BCUT2D eigenvalue weighted by Gasteiger charge is -2.12. The highest BCUT2D eigenvalue weighted by Crippen LogP contribution is 2.24. The van der Waals surface area contributed by atoms with Crippen molar-refractivity contribution < 1.29 is 14.3 Å². The minimum atomic E-state index is -0.407. The van der Waals surface area contributed by atoms with Crippen LogP contribution in [0.3, 0.4) is 0 Å². The highest BCUT2D eigenvalue weighted by molar-refractivity contribution is 5.91. The third-order valence-corrected chi connectivity index (χ3v) is 4.57. The average Bonchev–Trinajstić information content (AvgIpc) is 3.18. The molecule has 2 heterocycles. The maximum atomic E-state index is 12.5. The predicted octanol–water partition coefficient (Wildman–Crippen LogP) is 4.31. The van der Waals surface area contributed by atoms with E-state index in [0.717, 1.165) is 22.2 Å². The summed E-state index contributed by atoms with van der Waals surface area (Å²) in [6.07, 6.45) is 3.29. The quantitative estimate of drug-likeness (QED) is 0.442. The molecule has 6 nitrogen and oxygen atoms in total. The molecule has 6 heteroatoms. The molecule has 0 aliphatic carbocycles. The molecule has 2 aromatic carbocycles. The Bertz CT molecular complexity index is 1120. The summed E-state index contributed by atoms with van der Waals surface area (Å²) in [6.45, 7) is 2.74. The van der Waals surface area contributed by atoms with Crippen LogP contribution in [0, 0.1) is 0 Å². The van der Waals surface area contributed by atoms with E-state index < -0.39 is 5.97 Å². The van der Waals surface area contributed by atoms with Gasteiger partial charge in [0.2, 0.25) is 0 Å². The van der Waals surface area contributed by atoms with Crippen LogP contribution < -0.4 is 0 Å². The zero-order chi connectivity index (χ0) is 20.1. The smallest absolute Gasteiger partial charge is 0.341 e. The molecule has 0 saturated carbocycles. The fraction of sp³-hybridized carbons (Fsp3) is 0.174. The molecule has 0 saturated heterocycles. The van der Waals surface area contributed by atoms with Gasteiger partial charge in [0.1, 0.15) is 5.56 Å². The lowest BCUT2D eigenvalue weighted by atomic mass is 10.1. The van der Waals surface area contributed by atoms with Crippen molar-refractivity contribution in [2.24, 2.45) is 0 Å². The third kappa shape index (κ3) is 4.02. The van der Waals surface area contributed by atoms with Crippen molar-refractivity contribution in [1.29, 1.82) is 0 Å². The molecule has 2 aromatic heterocycles. The number of fused-ring (bicyclic) bond motifs is 1. The summed E-state index contributed by atoms with van der Waals surface area (Å²) in [5, 5.41) is 5.42. The Labute approximate surface area is 168 Å². The first-order valence-corrected chi connectivity index (χ1v) is 9.47. The molecule has 0 bridgehead atoms. The van der Waals surface area contributed by atoms with Crippen molar-refractivity contribution in [3.05, 3.63) is 89.9 Å². The van der Waals surface area contributed by atoms with Crippen LogP contribution in [-0.4, -0.2) is 27.3 Å². The summed E-state index contributed by atoms with van der Waals surface area (Å²) in [7, 11) is 0. The van der Waals surface area contributed by atoms with Gasteiger partial charge in [-0.15, -0.1) is 0 Å². The van der Waals surface area contributed by atoms with Crippen LogP contribution in [0.25, 0.3) is 16.6 Å². The first-order valence-electron chi connectivity index (χ1n) is 9.47. The van der Waals surface area contributed by atoms with E-state index in [-0.39, 0.29) is 6.61 Å². The number of rotatable bonds is 7. The fourth-order valence-corrected chi connectivity index (χ4v) is 3.21. The Hall–Kier alpha value is -3.51. The molecule has 4 rings (SSSR count). The number of ether oxygens (including phenoxy) is 2. The van der Waals surface area contributed by atoms with Crippen molar-refractivity contribution >= 4 is 16.9 Å². The fourth-order valence-electron chi connectivity index (χ4n) is 3.21. The minimum Gasteiger partial charge on any atom is -0.462 e. The normalized spacial score (nSPS) is 10.9. The molecule has 0 spiro atoms. The van der Waals surface area contributed by atoms with Crippen LogP contribution in [0.5, 0.6) is 0 Å². The van der Waals surface area contributed by atoms with Crippen LogP contribution >= 0.6 is 0 Å².